The molecule has 0 unspecified atom stereocenters. The summed E-state index contributed by atoms with van der Waals surface area (Å²) in [6.45, 7) is 0.393. The Bertz CT molecular complexity index is 151. The first kappa shape index (κ1) is 10.9. The summed E-state index contributed by atoms with van der Waals surface area (Å²) in [6.07, 6.45) is -2.39. The fraction of sp³-hybridized carbons (Fsp3) is 1.00. The number of methoxy groups -OCH3 is 2. The molecule has 1 rings (SSSR count). The van der Waals surface area contributed by atoms with Gasteiger partial charge in [0.05, 0.1) is 18.8 Å². The Morgan fingerprint density at radius 3 is 2.62 bits per heavy atom. The molecule has 1 fully saturated rings. The van der Waals surface area contributed by atoms with Gasteiger partial charge in [-0.25, -0.2) is 0 Å². The van der Waals surface area contributed by atoms with Gasteiger partial charge in [-0.3, -0.25) is 0 Å². The Labute approximate surface area is 77.2 Å². The van der Waals surface area contributed by atoms with Crippen LogP contribution in [0.5, 0.6) is 0 Å². The van der Waals surface area contributed by atoms with Crippen molar-refractivity contribution in [1.29, 1.82) is 0 Å². The molecule has 0 aliphatic carbocycles. The largest absolute Gasteiger partial charge is 0.390 e. The normalized spacial score (nSPS) is 40.6. The maximum atomic E-state index is 9.41. The molecule has 1 aliphatic rings. The maximum absolute atomic E-state index is 9.41. The lowest BCUT2D eigenvalue weighted by molar-refractivity contribution is -0.263. The topological polar surface area (TPSA) is 68.2 Å². The van der Waals surface area contributed by atoms with Gasteiger partial charge in [-0.05, 0) is 0 Å². The van der Waals surface area contributed by atoms with E-state index in [2.05, 4.69) is 0 Å². The van der Waals surface area contributed by atoms with Crippen LogP contribution >= 0.6 is 0 Å². The summed E-state index contributed by atoms with van der Waals surface area (Å²) in [5, 5.41) is 18.8. The van der Waals surface area contributed by atoms with Crippen LogP contribution in [0.25, 0.3) is 0 Å². The lowest BCUT2D eigenvalue weighted by atomic mass is 10.0. The Balaban J connectivity index is 2.47. The maximum Gasteiger partial charge on any atom is 0.186 e. The number of aliphatic hydroxyl groups excluding tert-OH is 2. The van der Waals surface area contributed by atoms with E-state index in [0.29, 0.717) is 13.0 Å². The van der Waals surface area contributed by atoms with Crippen LogP contribution in [-0.4, -0.2) is 55.6 Å². The van der Waals surface area contributed by atoms with E-state index in [9.17, 15) is 10.2 Å². The lowest BCUT2D eigenvalue weighted by Gasteiger charge is -2.35. The van der Waals surface area contributed by atoms with Crippen LogP contribution in [-0.2, 0) is 14.2 Å². The molecule has 0 aromatic heterocycles. The standard InChI is InChI=1S/C8H16O5/c1-11-4-5-3-6(9)7(10)8(12-2)13-5/h5-10H,3-4H2,1-2H3/t5-,6+,7+,8+/m0/s1. The molecule has 2 N–H and O–H groups in total. The SMILES string of the molecule is COC[C@@H]1C[C@@H](O)[C@@H](O)[C@H](OC)O1. The van der Waals surface area contributed by atoms with Gasteiger partial charge in [-0.15, -0.1) is 0 Å². The highest BCUT2D eigenvalue weighted by Gasteiger charge is 2.36. The van der Waals surface area contributed by atoms with Crippen LogP contribution in [0.1, 0.15) is 6.42 Å². The van der Waals surface area contributed by atoms with Crippen molar-refractivity contribution in [3.8, 4) is 0 Å². The number of hydrogen-bond donors (Lipinski definition) is 2. The van der Waals surface area contributed by atoms with Gasteiger partial charge in [-0.1, -0.05) is 0 Å². The summed E-state index contributed by atoms with van der Waals surface area (Å²) in [6, 6.07) is 0. The van der Waals surface area contributed by atoms with Crippen LogP contribution in [0.3, 0.4) is 0 Å². The minimum absolute atomic E-state index is 0.214. The predicted octanol–water partition coefficient (Wildman–Crippen LogP) is -0.884. The van der Waals surface area contributed by atoms with Crippen molar-refractivity contribution in [3.05, 3.63) is 0 Å². The molecule has 1 heterocycles. The summed E-state index contributed by atoms with van der Waals surface area (Å²) >= 11 is 0. The second kappa shape index (κ2) is 4.88. The van der Waals surface area contributed by atoms with Gasteiger partial charge >= 0.3 is 0 Å². The number of ether oxygens (including phenoxy) is 3. The summed E-state index contributed by atoms with van der Waals surface area (Å²) in [7, 11) is 2.98. The Morgan fingerprint density at radius 2 is 2.08 bits per heavy atom. The summed E-state index contributed by atoms with van der Waals surface area (Å²) < 4.78 is 15.0. The molecule has 1 aliphatic heterocycles. The highest BCUT2D eigenvalue weighted by Crippen LogP contribution is 2.20. The molecule has 5 nitrogen and oxygen atoms in total. The molecular formula is C8H16O5. The Kier molecular flexibility index (Phi) is 4.08. The van der Waals surface area contributed by atoms with Crippen molar-refractivity contribution < 1.29 is 24.4 Å². The summed E-state index contributed by atoms with van der Waals surface area (Å²) in [5.41, 5.74) is 0. The highest BCUT2D eigenvalue weighted by atomic mass is 16.7. The van der Waals surface area contributed by atoms with Gasteiger partial charge in [0.25, 0.3) is 0 Å². The molecule has 1 saturated heterocycles. The van der Waals surface area contributed by atoms with Crippen LogP contribution in [0.15, 0.2) is 0 Å². The van der Waals surface area contributed by atoms with Gasteiger partial charge in [0.2, 0.25) is 0 Å². The van der Waals surface area contributed by atoms with Gasteiger partial charge in [0.15, 0.2) is 6.29 Å². The number of aliphatic hydroxyl groups is 2. The fourth-order valence-electron chi connectivity index (χ4n) is 1.40. The van der Waals surface area contributed by atoms with Crippen LogP contribution < -0.4 is 0 Å². The highest BCUT2D eigenvalue weighted by molar-refractivity contribution is 4.80. The van der Waals surface area contributed by atoms with Gasteiger partial charge in [-0.2, -0.15) is 0 Å². The van der Waals surface area contributed by atoms with E-state index in [0.717, 1.165) is 0 Å². The second-order valence-electron chi connectivity index (χ2n) is 3.11. The van der Waals surface area contributed by atoms with Crippen molar-refractivity contribution in [2.75, 3.05) is 20.8 Å². The monoisotopic (exact) mass is 192 g/mol. The van der Waals surface area contributed by atoms with Crippen molar-refractivity contribution in [3.63, 3.8) is 0 Å². The molecule has 78 valence electrons. The van der Waals surface area contributed by atoms with Crippen LogP contribution in [0.4, 0.5) is 0 Å². The van der Waals surface area contributed by atoms with Crippen LogP contribution in [0.2, 0.25) is 0 Å². The molecule has 0 bridgehead atoms. The smallest absolute Gasteiger partial charge is 0.186 e. The average molecular weight is 192 g/mol. The molecule has 13 heavy (non-hydrogen) atoms. The first-order valence-corrected chi connectivity index (χ1v) is 4.22. The van der Waals surface area contributed by atoms with Crippen molar-refractivity contribution in [1.82, 2.24) is 0 Å². The van der Waals surface area contributed by atoms with E-state index in [1.807, 2.05) is 0 Å². The van der Waals surface area contributed by atoms with Gasteiger partial charge in [0.1, 0.15) is 6.10 Å². The van der Waals surface area contributed by atoms with Gasteiger partial charge < -0.3 is 24.4 Å². The van der Waals surface area contributed by atoms with Crippen molar-refractivity contribution in [2.45, 2.75) is 31.0 Å². The van der Waals surface area contributed by atoms with E-state index in [-0.39, 0.29) is 6.10 Å². The van der Waals surface area contributed by atoms with Gasteiger partial charge in [0, 0.05) is 20.6 Å². The zero-order chi connectivity index (χ0) is 9.84. The minimum atomic E-state index is -0.974. The fourth-order valence-corrected chi connectivity index (χ4v) is 1.40. The number of hydrogen-bond acceptors (Lipinski definition) is 5. The summed E-state index contributed by atoms with van der Waals surface area (Å²) in [5.74, 6) is 0. The molecular weight excluding hydrogens is 176 g/mol. The second-order valence-corrected chi connectivity index (χ2v) is 3.11. The number of rotatable bonds is 3. The van der Waals surface area contributed by atoms with E-state index < -0.39 is 18.5 Å². The van der Waals surface area contributed by atoms with E-state index in [1.165, 1.54) is 7.11 Å². The lowest BCUT2D eigenvalue weighted by Crippen LogP contribution is -2.50. The molecule has 0 aromatic carbocycles. The Hall–Kier alpha value is -0.200. The molecule has 0 radical (unpaired) electrons. The molecule has 0 saturated carbocycles. The predicted molar refractivity (Wildman–Crippen MR) is 44.2 cm³/mol. The van der Waals surface area contributed by atoms with Crippen molar-refractivity contribution in [2.24, 2.45) is 0 Å². The third kappa shape index (κ3) is 2.62. The minimum Gasteiger partial charge on any atom is -0.390 e. The molecule has 0 aromatic rings. The van der Waals surface area contributed by atoms with Crippen LogP contribution in [0, 0.1) is 0 Å². The molecule has 0 spiro atoms. The summed E-state index contributed by atoms with van der Waals surface area (Å²) in [4.78, 5) is 0. The average Bonchev–Trinajstić information content (AvgIpc) is 2.11. The van der Waals surface area contributed by atoms with Crippen molar-refractivity contribution >= 4 is 0 Å². The third-order valence-electron chi connectivity index (χ3n) is 2.09. The van der Waals surface area contributed by atoms with E-state index >= 15 is 0 Å². The quantitative estimate of drug-likeness (QED) is 0.607. The zero-order valence-corrected chi connectivity index (χ0v) is 7.84. The molecule has 4 atom stereocenters. The zero-order valence-electron chi connectivity index (χ0n) is 7.84. The van der Waals surface area contributed by atoms with E-state index in [1.54, 1.807) is 7.11 Å². The third-order valence-corrected chi connectivity index (χ3v) is 2.09. The molecule has 5 heteroatoms. The molecule has 0 amide bonds. The first-order chi connectivity index (χ1) is 6.19. The first-order valence-electron chi connectivity index (χ1n) is 4.22. The van der Waals surface area contributed by atoms with E-state index in [4.69, 9.17) is 14.2 Å². The Morgan fingerprint density at radius 1 is 1.38 bits per heavy atom.